The van der Waals surface area contributed by atoms with Crippen molar-refractivity contribution in [3.63, 3.8) is 0 Å². The largest absolute Gasteiger partial charge is 0.323 e. The lowest BCUT2D eigenvalue weighted by Gasteiger charge is -2.20. The van der Waals surface area contributed by atoms with Gasteiger partial charge in [0.25, 0.3) is 11.8 Å². The third-order valence-electron chi connectivity index (χ3n) is 5.02. The molecule has 134 valence electrons. The highest BCUT2D eigenvalue weighted by molar-refractivity contribution is 6.27. The molecule has 2 N–H and O–H groups in total. The summed E-state index contributed by atoms with van der Waals surface area (Å²) in [5.74, 6) is -1.13. The van der Waals surface area contributed by atoms with E-state index in [1.807, 2.05) is 48.0 Å². The fourth-order valence-corrected chi connectivity index (χ4v) is 3.79. The summed E-state index contributed by atoms with van der Waals surface area (Å²) < 4.78 is 1.87. The first-order chi connectivity index (χ1) is 13.0. The van der Waals surface area contributed by atoms with E-state index in [0.29, 0.717) is 16.9 Å². The molecule has 0 saturated carbocycles. The lowest BCUT2D eigenvalue weighted by Crippen LogP contribution is -2.52. The van der Waals surface area contributed by atoms with Crippen LogP contribution in [0.1, 0.15) is 16.8 Å². The number of benzene rings is 1. The molecule has 5 rings (SSSR count). The van der Waals surface area contributed by atoms with E-state index in [-0.39, 0.29) is 6.54 Å². The van der Waals surface area contributed by atoms with Gasteiger partial charge in [0, 0.05) is 18.0 Å². The number of hydrogen-bond donors (Lipinski definition) is 2. The van der Waals surface area contributed by atoms with E-state index in [0.717, 1.165) is 11.2 Å². The number of aromatic nitrogens is 2. The van der Waals surface area contributed by atoms with Gasteiger partial charge in [-0.2, -0.15) is 0 Å². The number of aryl methyl sites for hydroxylation is 1. The quantitative estimate of drug-likeness (QED) is 0.530. The van der Waals surface area contributed by atoms with Crippen molar-refractivity contribution >= 4 is 29.2 Å². The molecule has 1 saturated heterocycles. The van der Waals surface area contributed by atoms with E-state index >= 15 is 0 Å². The van der Waals surface area contributed by atoms with Gasteiger partial charge in [0.2, 0.25) is 5.54 Å². The number of carbonyl (C=O) groups excluding carboxylic acids is 3. The van der Waals surface area contributed by atoms with Crippen LogP contribution in [0.25, 0.3) is 5.65 Å². The first-order valence-electron chi connectivity index (χ1n) is 8.48. The Labute approximate surface area is 153 Å². The van der Waals surface area contributed by atoms with Gasteiger partial charge in [0.1, 0.15) is 5.65 Å². The molecule has 27 heavy (non-hydrogen) atoms. The summed E-state index contributed by atoms with van der Waals surface area (Å²) >= 11 is 0. The highest BCUT2D eigenvalue weighted by Gasteiger charge is 2.61. The van der Waals surface area contributed by atoms with Crippen molar-refractivity contribution in [3.8, 4) is 0 Å². The van der Waals surface area contributed by atoms with Gasteiger partial charge in [-0.05, 0) is 25.1 Å². The minimum Gasteiger partial charge on any atom is -0.312 e. The summed E-state index contributed by atoms with van der Waals surface area (Å²) in [6.45, 7) is 2.07. The number of fused-ring (bicyclic) bond motifs is 3. The SMILES string of the molecule is Cc1ccc2c(c1)C1(NC(=O)NC1=O)C(=O)N2Cc1cn2ccccc2n1. The Balaban J connectivity index is 1.62. The maximum atomic E-state index is 13.3. The Morgan fingerprint density at radius 2 is 2.00 bits per heavy atom. The van der Waals surface area contributed by atoms with Crippen LogP contribution in [0.4, 0.5) is 10.5 Å². The average molecular weight is 361 g/mol. The molecule has 2 aliphatic rings. The fraction of sp³-hybridized carbons (Fsp3) is 0.158. The maximum absolute atomic E-state index is 13.3. The number of amides is 4. The monoisotopic (exact) mass is 361 g/mol. The third-order valence-corrected chi connectivity index (χ3v) is 5.02. The normalized spacial score (nSPS) is 21.1. The van der Waals surface area contributed by atoms with Crippen LogP contribution < -0.4 is 15.5 Å². The van der Waals surface area contributed by atoms with Crippen molar-refractivity contribution in [2.24, 2.45) is 0 Å². The molecule has 1 unspecified atom stereocenters. The van der Waals surface area contributed by atoms with E-state index < -0.39 is 23.4 Å². The Bertz CT molecular complexity index is 1120. The third kappa shape index (κ3) is 2.03. The minimum atomic E-state index is -1.71. The summed E-state index contributed by atoms with van der Waals surface area (Å²) in [4.78, 5) is 43.7. The van der Waals surface area contributed by atoms with E-state index in [1.54, 1.807) is 12.1 Å². The summed E-state index contributed by atoms with van der Waals surface area (Å²) in [6.07, 6.45) is 3.72. The lowest BCUT2D eigenvalue weighted by molar-refractivity contribution is -0.134. The molecular formula is C19H15N5O3. The van der Waals surface area contributed by atoms with Gasteiger partial charge in [-0.15, -0.1) is 0 Å². The predicted octanol–water partition coefficient (Wildman–Crippen LogP) is 1.22. The molecule has 1 atom stereocenters. The second kappa shape index (κ2) is 5.16. The predicted molar refractivity (Wildman–Crippen MR) is 95.9 cm³/mol. The summed E-state index contributed by atoms with van der Waals surface area (Å²) in [6, 6.07) is 10.4. The molecule has 2 aliphatic heterocycles. The van der Waals surface area contributed by atoms with Gasteiger partial charge in [-0.25, -0.2) is 9.78 Å². The molecule has 2 aromatic heterocycles. The molecule has 4 heterocycles. The number of hydrogen-bond acceptors (Lipinski definition) is 4. The van der Waals surface area contributed by atoms with Crippen LogP contribution >= 0.6 is 0 Å². The van der Waals surface area contributed by atoms with Gasteiger partial charge < -0.3 is 14.6 Å². The van der Waals surface area contributed by atoms with Gasteiger partial charge in [-0.3, -0.25) is 14.9 Å². The molecule has 0 bridgehead atoms. The first kappa shape index (κ1) is 15.6. The van der Waals surface area contributed by atoms with Crippen LogP contribution in [-0.2, 0) is 21.7 Å². The molecule has 1 fully saturated rings. The minimum absolute atomic E-state index is 0.196. The van der Waals surface area contributed by atoms with Crippen LogP contribution in [0.2, 0.25) is 0 Å². The number of nitrogens with zero attached hydrogens (tertiary/aromatic N) is 3. The fourth-order valence-electron chi connectivity index (χ4n) is 3.79. The van der Waals surface area contributed by atoms with Crippen LogP contribution in [-0.4, -0.2) is 27.2 Å². The topological polar surface area (TPSA) is 95.8 Å². The highest BCUT2D eigenvalue weighted by atomic mass is 16.2. The van der Waals surface area contributed by atoms with E-state index in [4.69, 9.17) is 0 Å². The highest BCUT2D eigenvalue weighted by Crippen LogP contribution is 2.43. The number of carbonyl (C=O) groups is 3. The standard InChI is InChI=1S/C19H15N5O3/c1-11-5-6-14-13(8-11)19(16(25)21-18(27)22-19)17(26)24(14)10-12-9-23-7-3-2-4-15(23)20-12/h2-9H,10H2,1H3,(H2,21,22,25,27). The van der Waals surface area contributed by atoms with E-state index in [9.17, 15) is 14.4 Å². The summed E-state index contributed by atoms with van der Waals surface area (Å²) in [5, 5.41) is 4.73. The van der Waals surface area contributed by atoms with Crippen molar-refractivity contribution in [2.75, 3.05) is 4.90 Å². The molecule has 0 aliphatic carbocycles. The zero-order valence-electron chi connectivity index (χ0n) is 14.4. The molecule has 8 nitrogen and oxygen atoms in total. The zero-order chi connectivity index (χ0) is 18.8. The van der Waals surface area contributed by atoms with Crippen molar-refractivity contribution in [1.29, 1.82) is 0 Å². The van der Waals surface area contributed by atoms with Gasteiger partial charge >= 0.3 is 6.03 Å². The number of nitrogens with one attached hydrogen (secondary N) is 2. The Morgan fingerprint density at radius 1 is 1.15 bits per heavy atom. The number of imide groups is 1. The zero-order valence-corrected chi connectivity index (χ0v) is 14.4. The van der Waals surface area contributed by atoms with Crippen LogP contribution in [0, 0.1) is 6.92 Å². The van der Waals surface area contributed by atoms with Crippen molar-refractivity contribution in [1.82, 2.24) is 20.0 Å². The lowest BCUT2D eigenvalue weighted by atomic mass is 9.90. The van der Waals surface area contributed by atoms with Crippen molar-refractivity contribution in [2.45, 2.75) is 19.0 Å². The molecular weight excluding hydrogens is 346 g/mol. The smallest absolute Gasteiger partial charge is 0.312 e. The average Bonchev–Trinajstić information content (AvgIpc) is 3.25. The summed E-state index contributed by atoms with van der Waals surface area (Å²) in [5.41, 5.74) is 1.72. The second-order valence-corrected chi connectivity index (χ2v) is 6.77. The molecule has 8 heteroatoms. The van der Waals surface area contributed by atoms with E-state index in [2.05, 4.69) is 15.6 Å². The van der Waals surface area contributed by atoms with Gasteiger partial charge in [0.05, 0.1) is 17.9 Å². The number of anilines is 1. The summed E-state index contributed by atoms with van der Waals surface area (Å²) in [7, 11) is 0. The van der Waals surface area contributed by atoms with Crippen LogP contribution in [0.15, 0.2) is 48.8 Å². The van der Waals surface area contributed by atoms with Crippen molar-refractivity contribution < 1.29 is 14.4 Å². The molecule has 3 aromatic rings. The molecule has 0 radical (unpaired) electrons. The molecule has 4 amide bonds. The Morgan fingerprint density at radius 3 is 2.74 bits per heavy atom. The molecule has 1 aromatic carbocycles. The van der Waals surface area contributed by atoms with Crippen LogP contribution in [0.3, 0.4) is 0 Å². The second-order valence-electron chi connectivity index (χ2n) is 6.77. The number of urea groups is 1. The number of imidazole rings is 1. The Kier molecular flexibility index (Phi) is 2.98. The maximum Gasteiger partial charge on any atom is 0.323 e. The Hall–Kier alpha value is -3.68. The number of pyridine rings is 1. The van der Waals surface area contributed by atoms with E-state index in [1.165, 1.54) is 4.90 Å². The molecule has 1 spiro atoms. The first-order valence-corrected chi connectivity index (χ1v) is 8.48. The number of rotatable bonds is 2. The van der Waals surface area contributed by atoms with Crippen molar-refractivity contribution in [3.05, 3.63) is 65.6 Å². The van der Waals surface area contributed by atoms with Gasteiger partial charge in [-0.1, -0.05) is 23.8 Å². The van der Waals surface area contributed by atoms with Gasteiger partial charge in [0.15, 0.2) is 0 Å². The van der Waals surface area contributed by atoms with Crippen LogP contribution in [0.5, 0.6) is 0 Å².